The Balaban J connectivity index is 1.48. The summed E-state index contributed by atoms with van der Waals surface area (Å²) < 4.78 is 11.4. The molecule has 1 heterocycles. The predicted octanol–water partition coefficient (Wildman–Crippen LogP) is 4.18. The van der Waals surface area contributed by atoms with Gasteiger partial charge >= 0.3 is 5.91 Å². The van der Waals surface area contributed by atoms with Crippen LogP contribution in [-0.4, -0.2) is 16.9 Å². The number of nitrogens with zero attached hydrogens (tertiary/aromatic N) is 1. The number of carbonyl (C=O) groups excluding carboxylic acids is 2. The third-order valence-electron chi connectivity index (χ3n) is 4.95. The topological polar surface area (TPSA) is 125 Å². The van der Waals surface area contributed by atoms with Crippen molar-refractivity contribution in [2.75, 3.05) is 0 Å². The van der Waals surface area contributed by atoms with Crippen molar-refractivity contribution in [1.29, 1.82) is 5.26 Å². The number of phenolic OH excluding ortho intramolecular Hbond substituents is 1. The number of phenols is 1. The number of nitriles is 1. The molecular formula is C26H19N3O5. The fourth-order valence-corrected chi connectivity index (χ4v) is 3.26. The molecule has 3 N–H and O–H groups in total. The van der Waals surface area contributed by atoms with Gasteiger partial charge < -0.3 is 14.3 Å². The van der Waals surface area contributed by atoms with Crippen molar-refractivity contribution in [3.05, 3.63) is 108 Å². The molecule has 8 nitrogen and oxygen atoms in total. The number of furan rings is 1. The van der Waals surface area contributed by atoms with Crippen LogP contribution < -0.4 is 15.6 Å². The van der Waals surface area contributed by atoms with Crippen LogP contribution in [0.3, 0.4) is 0 Å². The van der Waals surface area contributed by atoms with E-state index in [4.69, 9.17) is 14.4 Å². The van der Waals surface area contributed by atoms with E-state index < -0.39 is 11.8 Å². The SMILES string of the molecule is N#Cc1cc(C(=O)NNC(=O)c2occc2-c2ccccc2OCc2ccccc2)ccc1O. The van der Waals surface area contributed by atoms with Crippen LogP contribution in [0, 0.1) is 11.3 Å². The van der Waals surface area contributed by atoms with E-state index in [1.165, 1.54) is 24.5 Å². The maximum Gasteiger partial charge on any atom is 0.306 e. The zero-order chi connectivity index (χ0) is 23.9. The molecule has 3 aromatic carbocycles. The lowest BCUT2D eigenvalue weighted by molar-refractivity contribution is 0.0831. The summed E-state index contributed by atoms with van der Waals surface area (Å²) in [5, 5.41) is 18.6. The molecule has 0 aliphatic carbocycles. The summed E-state index contributed by atoms with van der Waals surface area (Å²) in [5.74, 6) is -1.02. The molecule has 0 fully saturated rings. The van der Waals surface area contributed by atoms with Crippen LogP contribution in [0.5, 0.6) is 11.5 Å². The van der Waals surface area contributed by atoms with Crippen LogP contribution in [0.15, 0.2) is 89.5 Å². The first-order chi connectivity index (χ1) is 16.6. The number of ether oxygens (including phenoxy) is 1. The van der Waals surface area contributed by atoms with Crippen LogP contribution in [-0.2, 0) is 6.61 Å². The molecule has 4 aromatic rings. The molecule has 4 rings (SSSR count). The average Bonchev–Trinajstić information content (AvgIpc) is 3.37. The van der Waals surface area contributed by atoms with E-state index in [9.17, 15) is 14.7 Å². The number of nitrogens with one attached hydrogen (secondary N) is 2. The molecule has 0 saturated carbocycles. The summed E-state index contributed by atoms with van der Waals surface area (Å²) in [7, 11) is 0. The Morgan fingerprint density at radius 1 is 0.912 bits per heavy atom. The number of carbonyl (C=O) groups is 2. The highest BCUT2D eigenvalue weighted by Gasteiger charge is 2.20. The largest absolute Gasteiger partial charge is 0.507 e. The van der Waals surface area contributed by atoms with Gasteiger partial charge in [-0.25, -0.2) is 0 Å². The van der Waals surface area contributed by atoms with Crippen molar-refractivity contribution >= 4 is 11.8 Å². The summed E-state index contributed by atoms with van der Waals surface area (Å²) >= 11 is 0. The standard InChI is InChI=1S/C26H19N3O5/c27-15-19-14-18(10-11-22(19)30)25(31)28-29-26(32)24-21(12-13-33-24)20-8-4-5-9-23(20)34-16-17-6-2-1-3-7-17/h1-14,30H,16H2,(H,28,31)(H,29,32). The molecule has 0 radical (unpaired) electrons. The molecule has 0 unspecified atom stereocenters. The second kappa shape index (κ2) is 10.1. The summed E-state index contributed by atoms with van der Waals surface area (Å²) in [6.07, 6.45) is 1.37. The van der Waals surface area contributed by atoms with Gasteiger partial charge in [-0.05, 0) is 35.9 Å². The summed E-state index contributed by atoms with van der Waals surface area (Å²) in [4.78, 5) is 25.1. The first-order valence-corrected chi connectivity index (χ1v) is 10.2. The van der Waals surface area contributed by atoms with Crippen LogP contribution >= 0.6 is 0 Å². The van der Waals surface area contributed by atoms with E-state index >= 15 is 0 Å². The average molecular weight is 453 g/mol. The van der Waals surface area contributed by atoms with E-state index in [0.717, 1.165) is 5.56 Å². The Bertz CT molecular complexity index is 1370. The number of amides is 2. The van der Waals surface area contributed by atoms with Crippen molar-refractivity contribution < 1.29 is 23.8 Å². The molecule has 1 aromatic heterocycles. The molecule has 0 aliphatic heterocycles. The number of hydrogen-bond acceptors (Lipinski definition) is 6. The van der Waals surface area contributed by atoms with Crippen LogP contribution in [0.2, 0.25) is 0 Å². The maximum absolute atomic E-state index is 12.8. The second-order valence-electron chi connectivity index (χ2n) is 7.19. The Labute approximate surface area is 195 Å². The third-order valence-corrected chi connectivity index (χ3v) is 4.95. The zero-order valence-corrected chi connectivity index (χ0v) is 17.8. The fraction of sp³-hybridized carbons (Fsp3) is 0.0385. The van der Waals surface area contributed by atoms with Crippen molar-refractivity contribution in [3.8, 4) is 28.7 Å². The number of hydrazine groups is 1. The number of aromatic hydroxyl groups is 1. The van der Waals surface area contributed by atoms with Gasteiger partial charge in [-0.15, -0.1) is 0 Å². The number of para-hydroxylation sites is 1. The Kier molecular flexibility index (Phi) is 6.56. The van der Waals surface area contributed by atoms with Gasteiger partial charge in [0.2, 0.25) is 5.76 Å². The number of rotatable bonds is 6. The van der Waals surface area contributed by atoms with E-state index in [2.05, 4.69) is 10.9 Å². The lowest BCUT2D eigenvalue weighted by Crippen LogP contribution is -2.41. The van der Waals surface area contributed by atoms with Crippen LogP contribution in [0.1, 0.15) is 32.0 Å². The van der Waals surface area contributed by atoms with Crippen LogP contribution in [0.4, 0.5) is 0 Å². The molecule has 0 spiro atoms. The first-order valence-electron chi connectivity index (χ1n) is 10.2. The molecule has 0 atom stereocenters. The summed E-state index contributed by atoms with van der Waals surface area (Å²) in [6.45, 7) is 0.352. The quantitative estimate of drug-likeness (QED) is 0.376. The van der Waals surface area contributed by atoms with Gasteiger partial charge in [0, 0.05) is 16.7 Å². The summed E-state index contributed by atoms with van der Waals surface area (Å²) in [5.41, 5.74) is 6.76. The monoisotopic (exact) mass is 453 g/mol. The Hall–Kier alpha value is -5.03. The van der Waals surface area contributed by atoms with Gasteiger partial charge in [-0.3, -0.25) is 20.4 Å². The molecule has 2 amide bonds. The van der Waals surface area contributed by atoms with E-state index in [1.807, 2.05) is 42.5 Å². The molecule has 0 saturated heterocycles. The molecule has 0 bridgehead atoms. The Morgan fingerprint density at radius 2 is 1.65 bits per heavy atom. The molecule has 0 aliphatic rings. The normalized spacial score (nSPS) is 10.2. The third kappa shape index (κ3) is 4.89. The minimum absolute atomic E-state index is 0.0144. The molecule has 8 heteroatoms. The highest BCUT2D eigenvalue weighted by Crippen LogP contribution is 2.33. The van der Waals surface area contributed by atoms with Gasteiger partial charge in [0.25, 0.3) is 5.91 Å². The highest BCUT2D eigenvalue weighted by atomic mass is 16.5. The number of hydrogen-bond donors (Lipinski definition) is 3. The zero-order valence-electron chi connectivity index (χ0n) is 17.8. The van der Waals surface area contributed by atoms with Crippen molar-refractivity contribution in [1.82, 2.24) is 10.9 Å². The van der Waals surface area contributed by atoms with Gasteiger partial charge in [-0.2, -0.15) is 5.26 Å². The Morgan fingerprint density at radius 3 is 2.44 bits per heavy atom. The van der Waals surface area contributed by atoms with Gasteiger partial charge in [0.15, 0.2) is 0 Å². The minimum Gasteiger partial charge on any atom is -0.507 e. The maximum atomic E-state index is 12.8. The first kappa shape index (κ1) is 22.2. The van der Waals surface area contributed by atoms with Gasteiger partial charge in [0.05, 0.1) is 11.8 Å². The van der Waals surface area contributed by atoms with E-state index in [1.54, 1.807) is 24.3 Å². The smallest absolute Gasteiger partial charge is 0.306 e. The van der Waals surface area contributed by atoms with E-state index in [-0.39, 0.29) is 22.6 Å². The van der Waals surface area contributed by atoms with E-state index in [0.29, 0.717) is 23.5 Å². The number of benzene rings is 3. The van der Waals surface area contributed by atoms with Crippen LogP contribution in [0.25, 0.3) is 11.1 Å². The van der Waals surface area contributed by atoms with Gasteiger partial charge in [0.1, 0.15) is 24.2 Å². The second-order valence-corrected chi connectivity index (χ2v) is 7.19. The molecular weight excluding hydrogens is 434 g/mol. The molecule has 34 heavy (non-hydrogen) atoms. The summed E-state index contributed by atoms with van der Waals surface area (Å²) in [6, 6.07) is 24.1. The lowest BCUT2D eigenvalue weighted by Gasteiger charge is -2.12. The lowest BCUT2D eigenvalue weighted by atomic mass is 10.0. The van der Waals surface area contributed by atoms with Gasteiger partial charge in [-0.1, -0.05) is 48.5 Å². The minimum atomic E-state index is -0.675. The highest BCUT2D eigenvalue weighted by molar-refractivity contribution is 6.01. The van der Waals surface area contributed by atoms with Crippen molar-refractivity contribution in [2.24, 2.45) is 0 Å². The molecule has 168 valence electrons. The fourth-order valence-electron chi connectivity index (χ4n) is 3.26. The predicted molar refractivity (Wildman–Crippen MR) is 123 cm³/mol. The van der Waals surface area contributed by atoms with Crippen molar-refractivity contribution in [2.45, 2.75) is 6.61 Å². The van der Waals surface area contributed by atoms with Crippen molar-refractivity contribution in [3.63, 3.8) is 0 Å².